The number of nitrogens with zero attached hydrogens (tertiary/aromatic N) is 1. The van der Waals surface area contributed by atoms with Crippen LogP contribution in [0, 0.1) is 18.3 Å². The molecule has 1 heterocycles. The monoisotopic (exact) mass is 226 g/mol. The molecule has 0 saturated carbocycles. The van der Waals surface area contributed by atoms with Gasteiger partial charge in [-0.15, -0.1) is 11.3 Å². The van der Waals surface area contributed by atoms with Gasteiger partial charge >= 0.3 is 0 Å². The van der Waals surface area contributed by atoms with E-state index in [2.05, 4.69) is 6.07 Å². The highest BCUT2D eigenvalue weighted by Gasteiger charge is 2.11. The Bertz CT molecular complexity index is 412. The maximum atomic E-state index is 8.83. The van der Waals surface area contributed by atoms with E-state index in [-0.39, 0.29) is 0 Å². The zero-order valence-electron chi connectivity index (χ0n) is 8.10. The van der Waals surface area contributed by atoms with Crippen LogP contribution in [0.2, 0.25) is 5.02 Å². The number of hydrogen-bond donors (Lipinski definition) is 1. The maximum absolute atomic E-state index is 8.83. The lowest BCUT2D eigenvalue weighted by Crippen LogP contribution is -1.98. The molecule has 4 heteroatoms. The highest BCUT2D eigenvalue weighted by Crippen LogP contribution is 2.32. The number of aryl methyl sites for hydroxylation is 1. The second kappa shape index (κ2) is 4.50. The molecule has 0 aliphatic rings. The van der Waals surface area contributed by atoms with Gasteiger partial charge in [0, 0.05) is 0 Å². The SMILES string of the molecule is CC/C(C#N)=C(/N)c1scc(C)c1Cl. The van der Waals surface area contributed by atoms with Crippen molar-refractivity contribution >= 4 is 28.6 Å². The average Bonchev–Trinajstić information content (AvgIpc) is 2.49. The number of rotatable bonds is 2. The van der Waals surface area contributed by atoms with E-state index in [0.717, 1.165) is 10.4 Å². The topological polar surface area (TPSA) is 49.8 Å². The minimum atomic E-state index is 0.512. The molecule has 0 aliphatic carbocycles. The van der Waals surface area contributed by atoms with Gasteiger partial charge in [0.15, 0.2) is 0 Å². The van der Waals surface area contributed by atoms with Crippen molar-refractivity contribution in [1.29, 1.82) is 5.26 Å². The molecule has 0 aromatic carbocycles. The van der Waals surface area contributed by atoms with Gasteiger partial charge in [-0.3, -0.25) is 0 Å². The Morgan fingerprint density at radius 3 is 2.71 bits per heavy atom. The van der Waals surface area contributed by atoms with Crippen LogP contribution in [0.1, 0.15) is 23.8 Å². The molecule has 14 heavy (non-hydrogen) atoms. The fourth-order valence-electron chi connectivity index (χ4n) is 1.08. The van der Waals surface area contributed by atoms with Crippen LogP contribution in [0.15, 0.2) is 11.0 Å². The molecule has 1 rings (SSSR count). The summed E-state index contributed by atoms with van der Waals surface area (Å²) < 4.78 is 0. The Morgan fingerprint density at radius 2 is 2.36 bits per heavy atom. The van der Waals surface area contributed by atoms with Gasteiger partial charge in [-0.1, -0.05) is 18.5 Å². The maximum Gasteiger partial charge on any atom is 0.0969 e. The molecule has 1 aromatic heterocycles. The average molecular weight is 227 g/mol. The first-order valence-electron chi connectivity index (χ1n) is 4.24. The molecule has 0 fully saturated rings. The molecule has 0 amide bonds. The fraction of sp³-hybridized carbons (Fsp3) is 0.300. The molecule has 0 aliphatic heterocycles. The molecule has 2 N–H and O–H groups in total. The third-order valence-corrected chi connectivity index (χ3v) is 3.69. The number of hydrogen-bond acceptors (Lipinski definition) is 3. The van der Waals surface area contributed by atoms with Crippen molar-refractivity contribution in [3.05, 3.63) is 26.4 Å². The molecule has 0 saturated heterocycles. The number of nitriles is 1. The molecule has 1 aromatic rings. The third kappa shape index (κ3) is 1.92. The van der Waals surface area contributed by atoms with E-state index in [1.165, 1.54) is 11.3 Å². The molecule has 0 unspecified atom stereocenters. The van der Waals surface area contributed by atoms with Crippen molar-refractivity contribution in [2.45, 2.75) is 20.3 Å². The van der Waals surface area contributed by atoms with Crippen molar-refractivity contribution in [1.82, 2.24) is 0 Å². The lowest BCUT2D eigenvalue weighted by Gasteiger charge is -2.01. The first kappa shape index (κ1) is 11.1. The van der Waals surface area contributed by atoms with E-state index >= 15 is 0 Å². The van der Waals surface area contributed by atoms with Gasteiger partial charge < -0.3 is 5.73 Å². The summed E-state index contributed by atoms with van der Waals surface area (Å²) >= 11 is 7.53. The predicted molar refractivity (Wildman–Crippen MR) is 61.1 cm³/mol. The van der Waals surface area contributed by atoms with E-state index in [4.69, 9.17) is 22.6 Å². The van der Waals surface area contributed by atoms with Crippen molar-refractivity contribution in [3.63, 3.8) is 0 Å². The van der Waals surface area contributed by atoms with E-state index in [0.29, 0.717) is 22.7 Å². The van der Waals surface area contributed by atoms with Gasteiger partial charge in [-0.25, -0.2) is 0 Å². The smallest absolute Gasteiger partial charge is 0.0969 e. The summed E-state index contributed by atoms with van der Waals surface area (Å²) in [6.07, 6.45) is 0.635. The molecular weight excluding hydrogens is 216 g/mol. The van der Waals surface area contributed by atoms with Crippen LogP contribution in [-0.4, -0.2) is 0 Å². The summed E-state index contributed by atoms with van der Waals surface area (Å²) in [6, 6.07) is 2.09. The molecule has 2 nitrogen and oxygen atoms in total. The summed E-state index contributed by atoms with van der Waals surface area (Å²) in [4.78, 5) is 0.808. The Labute approximate surface area is 92.6 Å². The first-order chi connectivity index (χ1) is 6.61. The minimum Gasteiger partial charge on any atom is -0.397 e. The van der Waals surface area contributed by atoms with Crippen LogP contribution >= 0.6 is 22.9 Å². The van der Waals surface area contributed by atoms with Gasteiger partial charge in [0.25, 0.3) is 0 Å². The van der Waals surface area contributed by atoms with E-state index < -0.39 is 0 Å². The standard InChI is InChI=1S/C10H11ClN2S/c1-3-7(4-12)9(13)10-8(11)6(2)5-14-10/h5H,3,13H2,1-2H3/b9-7-. The summed E-state index contributed by atoms with van der Waals surface area (Å²) in [5.41, 5.74) is 7.96. The van der Waals surface area contributed by atoms with Crippen molar-refractivity contribution in [2.24, 2.45) is 5.73 Å². The van der Waals surface area contributed by atoms with Gasteiger partial charge in [0.2, 0.25) is 0 Å². The van der Waals surface area contributed by atoms with Crippen LogP contribution < -0.4 is 5.73 Å². The molecule has 0 atom stereocenters. The number of nitrogens with two attached hydrogens (primary N) is 1. The van der Waals surface area contributed by atoms with E-state index in [1.807, 2.05) is 19.2 Å². The molecule has 0 bridgehead atoms. The zero-order chi connectivity index (χ0) is 10.7. The van der Waals surface area contributed by atoms with Gasteiger partial charge in [-0.2, -0.15) is 5.26 Å². The quantitative estimate of drug-likeness (QED) is 0.787. The highest BCUT2D eigenvalue weighted by molar-refractivity contribution is 7.12. The molecular formula is C10H11ClN2S. The number of halogens is 1. The zero-order valence-corrected chi connectivity index (χ0v) is 9.67. The summed E-state index contributed by atoms with van der Waals surface area (Å²) in [6.45, 7) is 3.83. The predicted octanol–water partition coefficient (Wildman–Crippen LogP) is 3.31. The largest absolute Gasteiger partial charge is 0.397 e. The van der Waals surface area contributed by atoms with Gasteiger partial charge in [0.1, 0.15) is 0 Å². The van der Waals surface area contributed by atoms with Crippen molar-refractivity contribution in [3.8, 4) is 6.07 Å². The lowest BCUT2D eigenvalue weighted by atomic mass is 10.1. The van der Waals surface area contributed by atoms with Crippen molar-refractivity contribution in [2.75, 3.05) is 0 Å². The summed E-state index contributed by atoms with van der Waals surface area (Å²) in [5.74, 6) is 0. The second-order valence-electron chi connectivity index (χ2n) is 2.92. The Hall–Kier alpha value is -0.980. The third-order valence-electron chi connectivity index (χ3n) is 1.96. The van der Waals surface area contributed by atoms with Gasteiger partial charge in [0.05, 0.1) is 27.2 Å². The minimum absolute atomic E-state index is 0.512. The number of thiophene rings is 1. The van der Waals surface area contributed by atoms with Crippen LogP contribution in [-0.2, 0) is 0 Å². The van der Waals surface area contributed by atoms with Crippen LogP contribution in [0.5, 0.6) is 0 Å². The fourth-order valence-corrected chi connectivity index (χ4v) is 2.36. The number of allylic oxidation sites excluding steroid dienone is 1. The molecule has 0 spiro atoms. The summed E-state index contributed by atoms with van der Waals surface area (Å²) in [7, 11) is 0. The summed E-state index contributed by atoms with van der Waals surface area (Å²) in [5, 5.41) is 11.4. The van der Waals surface area contributed by atoms with E-state index in [9.17, 15) is 0 Å². The Morgan fingerprint density at radius 1 is 1.71 bits per heavy atom. The van der Waals surface area contributed by atoms with Crippen LogP contribution in [0.4, 0.5) is 0 Å². The highest BCUT2D eigenvalue weighted by atomic mass is 35.5. The molecule has 74 valence electrons. The Balaban J connectivity index is 3.25. The second-order valence-corrected chi connectivity index (χ2v) is 4.18. The first-order valence-corrected chi connectivity index (χ1v) is 5.50. The van der Waals surface area contributed by atoms with E-state index in [1.54, 1.807) is 0 Å². The Kier molecular flexibility index (Phi) is 3.56. The van der Waals surface area contributed by atoms with Crippen LogP contribution in [0.3, 0.4) is 0 Å². The van der Waals surface area contributed by atoms with Crippen LogP contribution in [0.25, 0.3) is 5.70 Å². The van der Waals surface area contributed by atoms with Crippen molar-refractivity contribution < 1.29 is 0 Å². The van der Waals surface area contributed by atoms with Gasteiger partial charge in [-0.05, 0) is 24.3 Å². The molecule has 0 radical (unpaired) electrons. The lowest BCUT2D eigenvalue weighted by molar-refractivity contribution is 1.15. The normalized spacial score (nSPS) is 12.1.